The first-order chi connectivity index (χ1) is 12.6. The summed E-state index contributed by atoms with van der Waals surface area (Å²) in [5.74, 6) is 0.781. The van der Waals surface area contributed by atoms with Crippen molar-refractivity contribution in [2.45, 2.75) is 26.3 Å². The maximum Gasteiger partial charge on any atom is 0.256 e. The molecule has 2 aromatic heterocycles. The van der Waals surface area contributed by atoms with Gasteiger partial charge in [0, 0.05) is 44.2 Å². The number of aromatic nitrogens is 4. The number of nitrogens with one attached hydrogen (secondary N) is 1. The predicted octanol–water partition coefficient (Wildman–Crippen LogP) is 2.08. The number of fused-ring (bicyclic) bond motifs is 1. The summed E-state index contributed by atoms with van der Waals surface area (Å²) < 4.78 is 1.65. The highest BCUT2D eigenvalue weighted by atomic mass is 16.1. The van der Waals surface area contributed by atoms with Crippen LogP contribution in [0, 0.1) is 6.92 Å². The van der Waals surface area contributed by atoms with Crippen LogP contribution < -0.4 is 5.56 Å². The van der Waals surface area contributed by atoms with Gasteiger partial charge in [0.1, 0.15) is 5.82 Å². The molecule has 0 fully saturated rings. The van der Waals surface area contributed by atoms with Crippen molar-refractivity contribution in [1.29, 1.82) is 0 Å². The molecule has 0 bridgehead atoms. The minimum atomic E-state index is 0.0997. The van der Waals surface area contributed by atoms with Crippen LogP contribution in [0.2, 0.25) is 0 Å². The molecule has 4 rings (SSSR count). The van der Waals surface area contributed by atoms with Crippen molar-refractivity contribution >= 4 is 0 Å². The SMILES string of the molecule is Cc1nc2c(c(=O)n1C)CCN(Cc1cn[nH]c1-c1ccccc1)CC2. The Kier molecular flexibility index (Phi) is 4.42. The van der Waals surface area contributed by atoms with Crippen molar-refractivity contribution < 1.29 is 0 Å². The lowest BCUT2D eigenvalue weighted by Crippen LogP contribution is -2.28. The van der Waals surface area contributed by atoms with Crippen LogP contribution in [0.3, 0.4) is 0 Å². The molecule has 6 heteroatoms. The highest BCUT2D eigenvalue weighted by Crippen LogP contribution is 2.23. The molecule has 6 nitrogen and oxygen atoms in total. The highest BCUT2D eigenvalue weighted by Gasteiger charge is 2.20. The first kappa shape index (κ1) is 16.7. The van der Waals surface area contributed by atoms with E-state index in [1.54, 1.807) is 11.6 Å². The van der Waals surface area contributed by atoms with E-state index in [2.05, 4.69) is 32.2 Å². The molecule has 0 aliphatic carbocycles. The third kappa shape index (κ3) is 3.08. The van der Waals surface area contributed by atoms with Gasteiger partial charge in [-0.1, -0.05) is 30.3 Å². The Labute approximate surface area is 152 Å². The molecule has 0 amide bonds. The van der Waals surface area contributed by atoms with Gasteiger partial charge >= 0.3 is 0 Å². The lowest BCUT2D eigenvalue weighted by molar-refractivity contribution is 0.279. The minimum absolute atomic E-state index is 0.0997. The van der Waals surface area contributed by atoms with Crippen molar-refractivity contribution in [2.75, 3.05) is 13.1 Å². The number of aromatic amines is 1. The molecule has 0 atom stereocenters. The molecule has 1 aliphatic rings. The van der Waals surface area contributed by atoms with Gasteiger partial charge in [0.2, 0.25) is 0 Å². The van der Waals surface area contributed by atoms with E-state index < -0.39 is 0 Å². The zero-order chi connectivity index (χ0) is 18.1. The van der Waals surface area contributed by atoms with Crippen LogP contribution >= 0.6 is 0 Å². The van der Waals surface area contributed by atoms with Crippen LogP contribution in [-0.2, 0) is 26.4 Å². The second-order valence-corrected chi connectivity index (χ2v) is 6.86. The Hall–Kier alpha value is -2.73. The third-order valence-electron chi connectivity index (χ3n) is 5.21. The molecule has 0 spiro atoms. The average Bonchev–Trinajstić information content (AvgIpc) is 3.02. The Balaban J connectivity index is 1.55. The zero-order valence-corrected chi connectivity index (χ0v) is 15.2. The zero-order valence-electron chi connectivity index (χ0n) is 15.2. The molecule has 1 aromatic carbocycles. The summed E-state index contributed by atoms with van der Waals surface area (Å²) in [6.45, 7) is 4.45. The molecule has 134 valence electrons. The van der Waals surface area contributed by atoms with E-state index in [1.165, 1.54) is 5.56 Å². The molecule has 0 saturated carbocycles. The number of benzene rings is 1. The highest BCUT2D eigenvalue weighted by molar-refractivity contribution is 5.62. The molecule has 0 unspecified atom stereocenters. The lowest BCUT2D eigenvalue weighted by atomic mass is 10.1. The third-order valence-corrected chi connectivity index (χ3v) is 5.21. The van der Waals surface area contributed by atoms with E-state index in [4.69, 9.17) is 0 Å². The van der Waals surface area contributed by atoms with Gasteiger partial charge < -0.3 is 0 Å². The number of aryl methyl sites for hydroxylation is 1. The summed E-state index contributed by atoms with van der Waals surface area (Å²) in [5.41, 5.74) is 5.32. The standard InChI is InChI=1S/C20H23N5O/c1-14-22-18-9-11-25(10-8-17(18)20(26)24(14)2)13-16-12-21-23-19(16)15-6-4-3-5-7-15/h3-7,12H,8-11,13H2,1-2H3,(H,21,23). The molecular weight excluding hydrogens is 326 g/mol. The summed E-state index contributed by atoms with van der Waals surface area (Å²) in [6.07, 6.45) is 3.46. The topological polar surface area (TPSA) is 66.8 Å². The van der Waals surface area contributed by atoms with Crippen molar-refractivity contribution in [3.63, 3.8) is 0 Å². The van der Waals surface area contributed by atoms with Crippen LogP contribution in [0.15, 0.2) is 41.3 Å². The van der Waals surface area contributed by atoms with Gasteiger partial charge in [0.15, 0.2) is 0 Å². The molecule has 3 aromatic rings. The van der Waals surface area contributed by atoms with Gasteiger partial charge in [0.05, 0.1) is 17.6 Å². The molecule has 3 heterocycles. The monoisotopic (exact) mass is 349 g/mol. The average molecular weight is 349 g/mol. The maximum absolute atomic E-state index is 12.5. The number of hydrogen-bond donors (Lipinski definition) is 1. The first-order valence-electron chi connectivity index (χ1n) is 8.99. The summed E-state index contributed by atoms with van der Waals surface area (Å²) in [4.78, 5) is 19.6. The second kappa shape index (κ2) is 6.88. The number of hydrogen-bond acceptors (Lipinski definition) is 4. The largest absolute Gasteiger partial charge is 0.300 e. The van der Waals surface area contributed by atoms with E-state index in [0.717, 1.165) is 60.8 Å². The first-order valence-corrected chi connectivity index (χ1v) is 8.99. The lowest BCUT2D eigenvalue weighted by Gasteiger charge is -2.19. The fourth-order valence-electron chi connectivity index (χ4n) is 3.60. The predicted molar refractivity (Wildman–Crippen MR) is 101 cm³/mol. The summed E-state index contributed by atoms with van der Waals surface area (Å²) in [5, 5.41) is 7.37. The van der Waals surface area contributed by atoms with Crippen LogP contribution in [0.5, 0.6) is 0 Å². The Morgan fingerprint density at radius 1 is 1.15 bits per heavy atom. The van der Waals surface area contributed by atoms with Crippen molar-refractivity contribution in [3.05, 3.63) is 69.5 Å². The quantitative estimate of drug-likeness (QED) is 0.786. The van der Waals surface area contributed by atoms with Crippen molar-refractivity contribution in [1.82, 2.24) is 24.6 Å². The van der Waals surface area contributed by atoms with E-state index in [9.17, 15) is 4.79 Å². The van der Waals surface area contributed by atoms with Crippen LogP contribution in [0.4, 0.5) is 0 Å². The molecule has 0 saturated heterocycles. The van der Waals surface area contributed by atoms with E-state index in [1.807, 2.05) is 31.3 Å². The normalized spacial score (nSPS) is 14.8. The minimum Gasteiger partial charge on any atom is -0.300 e. The molecule has 26 heavy (non-hydrogen) atoms. The maximum atomic E-state index is 12.5. The summed E-state index contributed by atoms with van der Waals surface area (Å²) in [7, 11) is 1.80. The smallest absolute Gasteiger partial charge is 0.256 e. The number of H-pyrrole nitrogens is 1. The Morgan fingerprint density at radius 2 is 1.92 bits per heavy atom. The van der Waals surface area contributed by atoms with E-state index >= 15 is 0 Å². The molecule has 0 radical (unpaired) electrons. The van der Waals surface area contributed by atoms with Crippen LogP contribution in [-0.4, -0.2) is 37.7 Å². The van der Waals surface area contributed by atoms with Gasteiger partial charge in [-0.25, -0.2) is 4.98 Å². The molecule has 1 N–H and O–H groups in total. The fraction of sp³-hybridized carbons (Fsp3) is 0.350. The fourth-order valence-corrected chi connectivity index (χ4v) is 3.60. The second-order valence-electron chi connectivity index (χ2n) is 6.86. The number of rotatable bonds is 3. The van der Waals surface area contributed by atoms with Gasteiger partial charge in [-0.05, 0) is 18.9 Å². The van der Waals surface area contributed by atoms with Crippen molar-refractivity contribution in [3.8, 4) is 11.3 Å². The van der Waals surface area contributed by atoms with Gasteiger partial charge in [-0.15, -0.1) is 0 Å². The Bertz CT molecular complexity index is 974. The van der Waals surface area contributed by atoms with Gasteiger partial charge in [-0.3, -0.25) is 19.4 Å². The van der Waals surface area contributed by atoms with Crippen LogP contribution in [0.25, 0.3) is 11.3 Å². The van der Waals surface area contributed by atoms with Gasteiger partial charge in [0.25, 0.3) is 5.56 Å². The van der Waals surface area contributed by atoms with Crippen LogP contribution in [0.1, 0.15) is 22.6 Å². The van der Waals surface area contributed by atoms with E-state index in [-0.39, 0.29) is 5.56 Å². The van der Waals surface area contributed by atoms with Crippen molar-refractivity contribution in [2.24, 2.45) is 7.05 Å². The summed E-state index contributed by atoms with van der Waals surface area (Å²) in [6, 6.07) is 10.3. The van der Waals surface area contributed by atoms with Gasteiger partial charge in [-0.2, -0.15) is 5.10 Å². The van der Waals surface area contributed by atoms with E-state index in [0.29, 0.717) is 0 Å². The Morgan fingerprint density at radius 3 is 2.73 bits per heavy atom. The summed E-state index contributed by atoms with van der Waals surface area (Å²) >= 11 is 0. The molecular formula is C20H23N5O. The number of nitrogens with zero attached hydrogens (tertiary/aromatic N) is 4. The molecule has 1 aliphatic heterocycles.